The molecule has 0 spiro atoms. The fraction of sp³-hybridized carbons (Fsp3) is 0.900. The number of phosphoric acid groups is 1. The van der Waals surface area contributed by atoms with E-state index in [1.165, 1.54) is 6.92 Å². The molecule has 0 aromatic rings. The number of nitrogens with zero attached hydrogens (tertiary/aromatic N) is 1. The molecule has 19 heavy (non-hydrogen) atoms. The third-order valence-electron chi connectivity index (χ3n) is 2.07. The van der Waals surface area contributed by atoms with Gasteiger partial charge in [-0.2, -0.15) is 0 Å². The van der Waals surface area contributed by atoms with E-state index >= 15 is 0 Å². The van der Waals surface area contributed by atoms with E-state index in [1.54, 1.807) is 21.1 Å². The molecule has 0 aromatic heterocycles. The van der Waals surface area contributed by atoms with Gasteiger partial charge in [0, 0.05) is 0 Å². The fourth-order valence-corrected chi connectivity index (χ4v) is 2.12. The summed E-state index contributed by atoms with van der Waals surface area (Å²) < 4.78 is 21.3. The summed E-state index contributed by atoms with van der Waals surface area (Å²) in [5.74, 6) is -0.395. The van der Waals surface area contributed by atoms with Crippen LogP contribution in [0.15, 0.2) is 0 Å². The van der Waals surface area contributed by atoms with Crippen molar-refractivity contribution in [3.63, 3.8) is 0 Å². The minimum absolute atomic E-state index is 0.200. The van der Waals surface area contributed by atoms with Crippen LogP contribution in [0.3, 0.4) is 0 Å². The lowest BCUT2D eigenvalue weighted by Gasteiger charge is -2.28. The number of carbonyl (C=O) groups is 1. The van der Waals surface area contributed by atoms with E-state index in [1.807, 2.05) is 0 Å². The second-order valence-electron chi connectivity index (χ2n) is 5.28. The van der Waals surface area contributed by atoms with Gasteiger partial charge in [0.2, 0.25) is 0 Å². The van der Waals surface area contributed by atoms with E-state index in [4.69, 9.17) is 14.7 Å². The number of rotatable bonds is 9. The first-order chi connectivity index (χ1) is 8.47. The fourth-order valence-electron chi connectivity index (χ4n) is 1.16. The molecule has 0 heterocycles. The lowest BCUT2D eigenvalue weighted by Crippen LogP contribution is -2.44. The Morgan fingerprint density at radius 2 is 1.89 bits per heavy atom. The summed E-state index contributed by atoms with van der Waals surface area (Å²) in [7, 11) is 0.953. The van der Waals surface area contributed by atoms with Crippen LogP contribution in [0.2, 0.25) is 0 Å². The summed E-state index contributed by atoms with van der Waals surface area (Å²) in [4.78, 5) is 20.8. The van der Waals surface area contributed by atoms with Crippen molar-refractivity contribution in [3.8, 4) is 0 Å². The summed E-state index contributed by atoms with van der Waals surface area (Å²) in [5.41, 5.74) is 0. The molecule has 0 bridgehead atoms. The molecule has 0 fully saturated rings. The van der Waals surface area contributed by atoms with Crippen LogP contribution in [0.4, 0.5) is 0 Å². The van der Waals surface area contributed by atoms with Gasteiger partial charge < -0.3 is 19.6 Å². The maximum absolute atomic E-state index is 11.6. The average molecular weight is 300 g/mol. The Kier molecular flexibility index (Phi) is 7.31. The molecule has 0 saturated heterocycles. The van der Waals surface area contributed by atoms with Gasteiger partial charge in [-0.3, -0.25) is 13.8 Å². The van der Waals surface area contributed by atoms with E-state index in [2.05, 4.69) is 4.52 Å². The van der Waals surface area contributed by atoms with E-state index in [0.29, 0.717) is 4.48 Å². The molecule has 114 valence electrons. The summed E-state index contributed by atoms with van der Waals surface area (Å²) in [6.45, 7) is 0.295. The number of hydrogen-bond acceptors (Lipinski definition) is 6. The molecule has 0 radical (unpaired) electrons. The Morgan fingerprint density at radius 3 is 2.26 bits per heavy atom. The van der Waals surface area contributed by atoms with Gasteiger partial charge in [0.1, 0.15) is 12.6 Å². The predicted octanol–water partition coefficient (Wildman–Crippen LogP) is -0.863. The van der Waals surface area contributed by atoms with Crippen molar-refractivity contribution >= 4 is 13.6 Å². The topological polar surface area (TPSA) is 113 Å². The normalized spacial score (nSPS) is 18.7. The lowest BCUT2D eigenvalue weighted by atomic mass is 10.2. The highest BCUT2D eigenvalue weighted by molar-refractivity contribution is 7.47. The number of likely N-dealkylation sites (N-methyl/N-ethyl adjacent to an activating group) is 1. The molecule has 0 aliphatic rings. The maximum atomic E-state index is 11.6. The van der Waals surface area contributed by atoms with Gasteiger partial charge in [-0.05, 0) is 6.92 Å². The Hall–Kier alpha value is -0.340. The predicted molar refractivity (Wildman–Crippen MR) is 67.3 cm³/mol. The smallest absolute Gasteiger partial charge is 0.394 e. The van der Waals surface area contributed by atoms with E-state index < -0.39 is 39.0 Å². The Labute approximate surface area is 112 Å². The second kappa shape index (κ2) is 7.44. The molecule has 2 unspecified atom stereocenters. The third kappa shape index (κ3) is 9.23. The number of quaternary nitrogens is 1. The second-order valence-corrected chi connectivity index (χ2v) is 6.68. The van der Waals surface area contributed by atoms with E-state index in [9.17, 15) is 14.3 Å². The molecule has 0 rings (SSSR count). The molecule has 0 amide bonds. The molecule has 0 saturated carbocycles. The molecule has 8 nitrogen and oxygen atoms in total. The quantitative estimate of drug-likeness (QED) is 0.375. The highest BCUT2D eigenvalue weighted by Crippen LogP contribution is 2.44. The first-order valence-corrected chi connectivity index (χ1v) is 7.22. The summed E-state index contributed by atoms with van der Waals surface area (Å²) >= 11 is 0. The Bertz CT molecular complexity index is 341. The monoisotopic (exact) mass is 300 g/mol. The molecule has 0 aliphatic heterocycles. The molecule has 0 aliphatic carbocycles. The van der Waals surface area contributed by atoms with Crippen molar-refractivity contribution < 1.29 is 38.0 Å². The Balaban J connectivity index is 4.57. The number of phosphoric ester groups is 1. The first-order valence-electron chi connectivity index (χ1n) is 5.72. The van der Waals surface area contributed by atoms with Crippen LogP contribution in [-0.2, 0) is 18.4 Å². The standard InChI is InChI=1S/C10H22NO7P/c1-8(13)10(5-11(2,3)4)18-19(15,16)17-7-9(14)6-12/h9-10,12,14H,5-7H2,1-4H3/p+1/t9-,10?/m1/s1. The zero-order valence-electron chi connectivity index (χ0n) is 11.6. The van der Waals surface area contributed by atoms with Gasteiger partial charge in [-0.1, -0.05) is 0 Å². The third-order valence-corrected chi connectivity index (χ3v) is 3.06. The van der Waals surface area contributed by atoms with Crippen LogP contribution in [0.1, 0.15) is 6.92 Å². The van der Waals surface area contributed by atoms with Crippen LogP contribution in [0.25, 0.3) is 0 Å². The molecule has 9 heteroatoms. The van der Waals surface area contributed by atoms with Crippen LogP contribution in [0, 0.1) is 0 Å². The number of ketones is 1. The zero-order chi connectivity index (χ0) is 15.3. The van der Waals surface area contributed by atoms with Gasteiger partial charge >= 0.3 is 7.82 Å². The van der Waals surface area contributed by atoms with E-state index in [0.717, 1.165) is 0 Å². The van der Waals surface area contributed by atoms with Crippen molar-refractivity contribution in [2.45, 2.75) is 19.1 Å². The molecule has 0 aromatic carbocycles. The molecule has 3 N–H and O–H groups in total. The number of aliphatic hydroxyl groups is 2. The van der Waals surface area contributed by atoms with Crippen molar-refractivity contribution in [1.82, 2.24) is 0 Å². The Morgan fingerprint density at radius 1 is 1.37 bits per heavy atom. The highest BCUT2D eigenvalue weighted by Gasteiger charge is 2.33. The van der Waals surface area contributed by atoms with Crippen LogP contribution in [-0.4, -0.2) is 78.5 Å². The minimum atomic E-state index is -4.46. The van der Waals surface area contributed by atoms with Gasteiger partial charge in [0.05, 0.1) is 34.4 Å². The van der Waals surface area contributed by atoms with E-state index in [-0.39, 0.29) is 6.54 Å². The van der Waals surface area contributed by atoms with Crippen LogP contribution in [0.5, 0.6) is 0 Å². The molecular formula is C10H23NO7P+. The van der Waals surface area contributed by atoms with Crippen LogP contribution >= 0.6 is 7.82 Å². The van der Waals surface area contributed by atoms with Crippen LogP contribution < -0.4 is 0 Å². The number of aliphatic hydroxyl groups excluding tert-OH is 2. The maximum Gasteiger partial charge on any atom is 0.473 e. The molecule has 3 atom stereocenters. The number of Topliss-reactive ketones (excluding diaryl/α,β-unsaturated/α-hetero) is 1. The minimum Gasteiger partial charge on any atom is -0.394 e. The lowest BCUT2D eigenvalue weighted by molar-refractivity contribution is -0.872. The van der Waals surface area contributed by atoms with Gasteiger partial charge in [0.15, 0.2) is 11.9 Å². The van der Waals surface area contributed by atoms with Crippen molar-refractivity contribution in [3.05, 3.63) is 0 Å². The summed E-state index contributed by atoms with van der Waals surface area (Å²) in [5, 5.41) is 17.6. The largest absolute Gasteiger partial charge is 0.473 e. The van der Waals surface area contributed by atoms with Crippen molar-refractivity contribution in [1.29, 1.82) is 0 Å². The highest BCUT2D eigenvalue weighted by atomic mass is 31.2. The first kappa shape index (κ1) is 18.7. The average Bonchev–Trinajstić information content (AvgIpc) is 2.22. The van der Waals surface area contributed by atoms with Gasteiger partial charge in [-0.25, -0.2) is 4.57 Å². The molecular weight excluding hydrogens is 277 g/mol. The van der Waals surface area contributed by atoms with Crippen molar-refractivity contribution in [2.24, 2.45) is 0 Å². The van der Waals surface area contributed by atoms with Crippen molar-refractivity contribution in [2.75, 3.05) is 40.9 Å². The number of carbonyl (C=O) groups excluding carboxylic acids is 1. The summed E-state index contributed by atoms with van der Waals surface area (Å²) in [6, 6.07) is 0. The van der Waals surface area contributed by atoms with Gasteiger partial charge in [-0.15, -0.1) is 0 Å². The van der Waals surface area contributed by atoms with Gasteiger partial charge in [0.25, 0.3) is 0 Å². The summed E-state index contributed by atoms with van der Waals surface area (Å²) in [6.07, 6.45) is -2.36. The number of hydrogen-bond donors (Lipinski definition) is 3. The zero-order valence-corrected chi connectivity index (χ0v) is 12.5. The SMILES string of the molecule is CC(=O)C(C[N+](C)(C)C)OP(=O)(O)OC[C@H](O)CO.